The first-order chi connectivity index (χ1) is 9.19. The van der Waals surface area contributed by atoms with Crippen molar-refractivity contribution in [2.75, 3.05) is 31.6 Å². The molecule has 1 aliphatic rings. The summed E-state index contributed by atoms with van der Waals surface area (Å²) in [6.45, 7) is 2.41. The van der Waals surface area contributed by atoms with E-state index in [9.17, 15) is 4.79 Å². The lowest BCUT2D eigenvalue weighted by Crippen LogP contribution is -2.31. The molecule has 5 heteroatoms. The largest absolute Gasteiger partial charge is 0.396 e. The van der Waals surface area contributed by atoms with Crippen molar-refractivity contribution in [3.8, 4) is 0 Å². The number of likely N-dealkylation sites (tertiary alicyclic amines) is 1. The Morgan fingerprint density at radius 1 is 1.47 bits per heavy atom. The predicted molar refractivity (Wildman–Crippen MR) is 76.3 cm³/mol. The van der Waals surface area contributed by atoms with Crippen molar-refractivity contribution in [2.45, 2.75) is 12.8 Å². The van der Waals surface area contributed by atoms with Crippen LogP contribution >= 0.6 is 11.6 Å². The number of carbonyl (C=O) groups excluding carboxylic acids is 1. The molecule has 0 aliphatic carbocycles. The van der Waals surface area contributed by atoms with Crippen LogP contribution in [0.25, 0.3) is 0 Å². The van der Waals surface area contributed by atoms with Crippen LogP contribution in [0.1, 0.15) is 12.8 Å². The number of hydrogen-bond acceptors (Lipinski definition) is 3. The third-order valence-corrected chi connectivity index (χ3v) is 3.75. The molecule has 1 saturated heterocycles. The van der Waals surface area contributed by atoms with E-state index in [1.54, 1.807) is 12.1 Å². The average molecular weight is 283 g/mol. The summed E-state index contributed by atoms with van der Waals surface area (Å²) in [5.41, 5.74) is 0.653. The third kappa shape index (κ3) is 4.20. The van der Waals surface area contributed by atoms with Crippen molar-refractivity contribution >= 4 is 23.2 Å². The van der Waals surface area contributed by atoms with Crippen molar-refractivity contribution in [2.24, 2.45) is 5.92 Å². The number of nitrogens with one attached hydrogen (secondary N) is 1. The van der Waals surface area contributed by atoms with Gasteiger partial charge in [-0.3, -0.25) is 9.69 Å². The fourth-order valence-corrected chi connectivity index (χ4v) is 2.61. The van der Waals surface area contributed by atoms with Gasteiger partial charge in [-0.1, -0.05) is 23.7 Å². The van der Waals surface area contributed by atoms with Crippen molar-refractivity contribution < 1.29 is 9.90 Å². The number of anilines is 1. The molecule has 1 aromatic carbocycles. The van der Waals surface area contributed by atoms with Crippen LogP contribution in [-0.4, -0.2) is 42.2 Å². The number of aliphatic hydroxyl groups excluding tert-OH is 1. The Kier molecular flexibility index (Phi) is 5.19. The molecule has 1 unspecified atom stereocenters. The molecule has 0 saturated carbocycles. The smallest absolute Gasteiger partial charge is 0.238 e. The molecule has 1 amide bonds. The Morgan fingerprint density at radius 2 is 2.26 bits per heavy atom. The van der Waals surface area contributed by atoms with Crippen LogP contribution in [0.2, 0.25) is 5.02 Å². The van der Waals surface area contributed by atoms with Crippen LogP contribution in [0, 0.1) is 5.92 Å². The number of para-hydroxylation sites is 1. The van der Waals surface area contributed by atoms with Crippen LogP contribution in [-0.2, 0) is 4.79 Å². The lowest BCUT2D eigenvalue weighted by atomic mass is 10.1. The summed E-state index contributed by atoms with van der Waals surface area (Å²) >= 11 is 5.99. The van der Waals surface area contributed by atoms with Gasteiger partial charge in [0.1, 0.15) is 0 Å². The second-order valence-electron chi connectivity index (χ2n) is 4.93. The third-order valence-electron chi connectivity index (χ3n) is 3.42. The van der Waals surface area contributed by atoms with E-state index in [0.29, 0.717) is 23.2 Å². The highest BCUT2D eigenvalue weighted by Gasteiger charge is 2.23. The first-order valence-corrected chi connectivity index (χ1v) is 6.94. The van der Waals surface area contributed by atoms with Crippen molar-refractivity contribution in [3.63, 3.8) is 0 Å². The number of carbonyl (C=O) groups is 1. The number of rotatable bonds is 5. The summed E-state index contributed by atoms with van der Waals surface area (Å²) < 4.78 is 0. The Hall–Kier alpha value is -1.10. The zero-order valence-electron chi connectivity index (χ0n) is 10.8. The highest BCUT2D eigenvalue weighted by Crippen LogP contribution is 2.21. The van der Waals surface area contributed by atoms with Crippen molar-refractivity contribution in [3.05, 3.63) is 29.3 Å². The van der Waals surface area contributed by atoms with E-state index >= 15 is 0 Å². The molecule has 2 rings (SSSR count). The van der Waals surface area contributed by atoms with Gasteiger partial charge in [-0.05, 0) is 37.4 Å². The Morgan fingerprint density at radius 3 is 3.00 bits per heavy atom. The monoisotopic (exact) mass is 282 g/mol. The second kappa shape index (κ2) is 6.89. The summed E-state index contributed by atoms with van der Waals surface area (Å²) in [5.74, 6) is 0.468. The van der Waals surface area contributed by atoms with E-state index in [1.165, 1.54) is 0 Å². The average Bonchev–Trinajstić information content (AvgIpc) is 2.80. The van der Waals surface area contributed by atoms with Gasteiger partial charge < -0.3 is 10.4 Å². The topological polar surface area (TPSA) is 52.6 Å². The molecule has 19 heavy (non-hydrogen) atoms. The van der Waals surface area contributed by atoms with Crippen molar-refractivity contribution in [1.29, 1.82) is 0 Å². The van der Waals surface area contributed by atoms with E-state index < -0.39 is 0 Å². The molecule has 4 nitrogen and oxygen atoms in total. The summed E-state index contributed by atoms with van der Waals surface area (Å²) in [5, 5.41) is 12.3. The SMILES string of the molecule is O=C(CN1CCC(CCO)C1)Nc1ccccc1Cl. The van der Waals surface area contributed by atoms with E-state index in [2.05, 4.69) is 10.2 Å². The minimum Gasteiger partial charge on any atom is -0.396 e. The zero-order valence-corrected chi connectivity index (χ0v) is 11.6. The van der Waals surface area contributed by atoms with Crippen LogP contribution in [0.15, 0.2) is 24.3 Å². The zero-order chi connectivity index (χ0) is 13.7. The summed E-state index contributed by atoms with van der Waals surface area (Å²) in [6, 6.07) is 7.22. The number of hydrogen-bond donors (Lipinski definition) is 2. The minimum absolute atomic E-state index is 0.0438. The highest BCUT2D eigenvalue weighted by atomic mass is 35.5. The number of halogens is 1. The van der Waals surface area contributed by atoms with Crippen LogP contribution in [0.5, 0.6) is 0 Å². The molecule has 1 aromatic rings. The fraction of sp³-hybridized carbons (Fsp3) is 0.500. The summed E-state index contributed by atoms with van der Waals surface area (Å²) in [6.07, 6.45) is 1.88. The van der Waals surface area contributed by atoms with Gasteiger partial charge in [0.05, 0.1) is 17.3 Å². The number of nitrogens with zero attached hydrogens (tertiary/aromatic N) is 1. The maximum absolute atomic E-state index is 11.9. The number of amides is 1. The standard InChI is InChI=1S/C14H19ClN2O2/c15-12-3-1-2-4-13(12)16-14(19)10-17-7-5-11(9-17)6-8-18/h1-4,11,18H,5-10H2,(H,16,19). The van der Waals surface area contributed by atoms with Crippen LogP contribution < -0.4 is 5.32 Å². The maximum Gasteiger partial charge on any atom is 0.238 e. The van der Waals surface area contributed by atoms with E-state index in [-0.39, 0.29) is 12.5 Å². The van der Waals surface area contributed by atoms with E-state index in [4.69, 9.17) is 16.7 Å². The molecule has 1 heterocycles. The van der Waals surface area contributed by atoms with Gasteiger partial charge in [0.2, 0.25) is 5.91 Å². The fourth-order valence-electron chi connectivity index (χ4n) is 2.43. The number of benzene rings is 1. The first-order valence-electron chi connectivity index (χ1n) is 6.56. The quantitative estimate of drug-likeness (QED) is 0.868. The first kappa shape index (κ1) is 14.3. The highest BCUT2D eigenvalue weighted by molar-refractivity contribution is 6.33. The Bertz CT molecular complexity index is 439. The molecular weight excluding hydrogens is 264 g/mol. The molecule has 104 valence electrons. The predicted octanol–water partition coefficient (Wildman–Crippen LogP) is 1.98. The van der Waals surface area contributed by atoms with Gasteiger partial charge in [0.15, 0.2) is 0 Å². The Labute approximate surface area is 118 Å². The van der Waals surface area contributed by atoms with Gasteiger partial charge in [0, 0.05) is 13.2 Å². The molecule has 1 fully saturated rings. The van der Waals surface area contributed by atoms with Crippen molar-refractivity contribution in [1.82, 2.24) is 4.90 Å². The van der Waals surface area contributed by atoms with Crippen LogP contribution in [0.4, 0.5) is 5.69 Å². The van der Waals surface area contributed by atoms with E-state index in [0.717, 1.165) is 25.9 Å². The Balaban J connectivity index is 1.81. The van der Waals surface area contributed by atoms with Gasteiger partial charge in [-0.15, -0.1) is 0 Å². The molecule has 0 aromatic heterocycles. The molecular formula is C14H19ClN2O2. The van der Waals surface area contributed by atoms with Gasteiger partial charge >= 0.3 is 0 Å². The molecule has 0 spiro atoms. The normalized spacial score (nSPS) is 19.6. The maximum atomic E-state index is 11.9. The lowest BCUT2D eigenvalue weighted by Gasteiger charge is -2.15. The lowest BCUT2D eigenvalue weighted by molar-refractivity contribution is -0.117. The molecule has 2 N–H and O–H groups in total. The minimum atomic E-state index is -0.0438. The molecule has 1 atom stereocenters. The van der Waals surface area contributed by atoms with Gasteiger partial charge in [-0.2, -0.15) is 0 Å². The van der Waals surface area contributed by atoms with E-state index in [1.807, 2.05) is 12.1 Å². The molecule has 1 aliphatic heterocycles. The molecule has 0 bridgehead atoms. The van der Waals surface area contributed by atoms with Crippen LogP contribution in [0.3, 0.4) is 0 Å². The van der Waals surface area contributed by atoms with Gasteiger partial charge in [-0.25, -0.2) is 0 Å². The summed E-state index contributed by atoms with van der Waals surface area (Å²) in [4.78, 5) is 14.0. The second-order valence-corrected chi connectivity index (χ2v) is 5.34. The number of aliphatic hydroxyl groups is 1. The summed E-state index contributed by atoms with van der Waals surface area (Å²) in [7, 11) is 0. The molecule has 0 radical (unpaired) electrons. The van der Waals surface area contributed by atoms with Gasteiger partial charge in [0.25, 0.3) is 0 Å².